The molecule has 0 saturated heterocycles. The molecule has 0 aliphatic rings. The van der Waals surface area contributed by atoms with Crippen LogP contribution >= 0.6 is 0 Å². The molecule has 94 valence electrons. The first-order valence-corrected chi connectivity index (χ1v) is 5.25. The Labute approximate surface area is 103 Å². The zero-order valence-electron chi connectivity index (χ0n) is 9.67. The van der Waals surface area contributed by atoms with E-state index in [-0.39, 0.29) is 11.3 Å². The maximum atomic E-state index is 13.6. The van der Waals surface area contributed by atoms with E-state index in [1.807, 2.05) is 0 Å². The Morgan fingerprint density at radius 2 is 1.94 bits per heavy atom. The molecular formula is C12H12F2N4. The van der Waals surface area contributed by atoms with Crippen molar-refractivity contribution in [2.24, 2.45) is 5.84 Å². The van der Waals surface area contributed by atoms with E-state index in [0.29, 0.717) is 11.5 Å². The van der Waals surface area contributed by atoms with E-state index in [9.17, 15) is 8.78 Å². The van der Waals surface area contributed by atoms with Gasteiger partial charge >= 0.3 is 0 Å². The lowest BCUT2D eigenvalue weighted by molar-refractivity contribution is 0.595. The van der Waals surface area contributed by atoms with Crippen LogP contribution in [-0.4, -0.2) is 4.98 Å². The minimum Gasteiger partial charge on any atom is -0.353 e. The number of pyridine rings is 1. The fourth-order valence-corrected chi connectivity index (χ4v) is 1.48. The highest BCUT2D eigenvalue weighted by molar-refractivity contribution is 5.63. The number of hydrazine groups is 1. The molecule has 0 atom stereocenters. The summed E-state index contributed by atoms with van der Waals surface area (Å²) in [6.07, 6.45) is 1.50. The summed E-state index contributed by atoms with van der Waals surface area (Å²) in [6.45, 7) is 1.51. The van der Waals surface area contributed by atoms with E-state index in [1.165, 1.54) is 13.1 Å². The zero-order valence-corrected chi connectivity index (χ0v) is 9.67. The van der Waals surface area contributed by atoms with Crippen molar-refractivity contribution in [2.45, 2.75) is 6.92 Å². The molecule has 2 aromatic rings. The number of nitrogens with zero attached hydrogens (tertiary/aromatic N) is 1. The number of nitrogens with one attached hydrogen (secondary N) is 2. The topological polar surface area (TPSA) is 63.0 Å². The van der Waals surface area contributed by atoms with Gasteiger partial charge in [0.1, 0.15) is 17.5 Å². The molecule has 1 aromatic carbocycles. The maximum absolute atomic E-state index is 13.6. The lowest BCUT2D eigenvalue weighted by atomic mass is 10.2. The number of rotatable bonds is 3. The summed E-state index contributed by atoms with van der Waals surface area (Å²) < 4.78 is 27.0. The molecule has 2 rings (SSSR count). The lowest BCUT2D eigenvalue weighted by Gasteiger charge is -2.09. The van der Waals surface area contributed by atoms with Crippen molar-refractivity contribution >= 4 is 17.2 Å². The zero-order chi connectivity index (χ0) is 13.1. The fraction of sp³-hybridized carbons (Fsp3) is 0.0833. The molecule has 0 amide bonds. The number of hydrogen-bond donors (Lipinski definition) is 3. The summed E-state index contributed by atoms with van der Waals surface area (Å²) in [7, 11) is 0. The molecule has 0 spiro atoms. The van der Waals surface area contributed by atoms with Gasteiger partial charge in [-0.05, 0) is 24.6 Å². The standard InChI is InChI=1S/C12H12F2N4/c1-7-4-10(14)11(6-9(7)13)17-8-2-3-16-12(5-8)18-15/h2-6H,15H2,1H3,(H2,16,17,18). The van der Waals surface area contributed by atoms with E-state index in [0.717, 1.165) is 12.1 Å². The van der Waals surface area contributed by atoms with Crippen LogP contribution in [0.1, 0.15) is 5.56 Å². The van der Waals surface area contributed by atoms with Crippen molar-refractivity contribution in [3.63, 3.8) is 0 Å². The van der Waals surface area contributed by atoms with Crippen LogP contribution in [0.15, 0.2) is 30.5 Å². The van der Waals surface area contributed by atoms with Crippen molar-refractivity contribution in [2.75, 3.05) is 10.7 Å². The van der Waals surface area contributed by atoms with Crippen molar-refractivity contribution in [3.8, 4) is 0 Å². The molecule has 0 aliphatic heterocycles. The largest absolute Gasteiger partial charge is 0.353 e. The summed E-state index contributed by atoms with van der Waals surface area (Å²) in [5.74, 6) is 4.65. The van der Waals surface area contributed by atoms with E-state index in [4.69, 9.17) is 5.84 Å². The number of halogens is 2. The van der Waals surface area contributed by atoms with Gasteiger partial charge in [0.25, 0.3) is 0 Å². The van der Waals surface area contributed by atoms with E-state index >= 15 is 0 Å². The molecule has 1 heterocycles. The number of aryl methyl sites for hydroxylation is 1. The molecule has 0 aliphatic carbocycles. The third kappa shape index (κ3) is 2.54. The molecule has 1 aromatic heterocycles. The Hall–Kier alpha value is -2.21. The average molecular weight is 250 g/mol. The Morgan fingerprint density at radius 3 is 2.67 bits per heavy atom. The molecule has 0 radical (unpaired) electrons. The first-order chi connectivity index (χ1) is 8.60. The monoisotopic (exact) mass is 250 g/mol. The molecule has 0 unspecified atom stereocenters. The number of hydrogen-bond acceptors (Lipinski definition) is 4. The third-order valence-electron chi connectivity index (χ3n) is 2.44. The maximum Gasteiger partial charge on any atom is 0.147 e. The fourth-order valence-electron chi connectivity index (χ4n) is 1.48. The smallest absolute Gasteiger partial charge is 0.147 e. The summed E-state index contributed by atoms with van der Waals surface area (Å²) in [5.41, 5.74) is 3.25. The molecule has 0 saturated carbocycles. The van der Waals surface area contributed by atoms with E-state index in [1.54, 1.807) is 12.1 Å². The van der Waals surface area contributed by atoms with Gasteiger partial charge in [-0.25, -0.2) is 19.6 Å². The Balaban J connectivity index is 2.30. The molecular weight excluding hydrogens is 238 g/mol. The second kappa shape index (κ2) is 4.97. The van der Waals surface area contributed by atoms with Crippen molar-refractivity contribution in [1.29, 1.82) is 0 Å². The van der Waals surface area contributed by atoms with Crippen LogP contribution in [0.2, 0.25) is 0 Å². The number of benzene rings is 1. The van der Waals surface area contributed by atoms with E-state index < -0.39 is 11.6 Å². The molecule has 0 fully saturated rings. The van der Waals surface area contributed by atoms with Crippen LogP contribution in [0.25, 0.3) is 0 Å². The predicted molar refractivity (Wildman–Crippen MR) is 66.4 cm³/mol. The number of nitrogens with two attached hydrogens (primary N) is 1. The van der Waals surface area contributed by atoms with Crippen molar-refractivity contribution < 1.29 is 8.78 Å². The minimum absolute atomic E-state index is 0.0623. The van der Waals surface area contributed by atoms with Gasteiger partial charge in [0, 0.05) is 24.0 Å². The quantitative estimate of drug-likeness (QED) is 0.579. The van der Waals surface area contributed by atoms with Gasteiger partial charge in [-0.1, -0.05) is 0 Å². The third-order valence-corrected chi connectivity index (χ3v) is 2.44. The summed E-state index contributed by atoms with van der Waals surface area (Å²) >= 11 is 0. The predicted octanol–water partition coefficient (Wildman–Crippen LogP) is 2.70. The van der Waals surface area contributed by atoms with Gasteiger partial charge in [-0.2, -0.15) is 0 Å². The number of nitrogen functional groups attached to an aromatic ring is 1. The van der Waals surface area contributed by atoms with Gasteiger partial charge < -0.3 is 10.7 Å². The molecule has 18 heavy (non-hydrogen) atoms. The van der Waals surface area contributed by atoms with Crippen LogP contribution in [0.4, 0.5) is 26.0 Å². The lowest BCUT2D eigenvalue weighted by Crippen LogP contribution is -2.08. The molecule has 6 heteroatoms. The minimum atomic E-state index is -0.520. The highest BCUT2D eigenvalue weighted by Crippen LogP contribution is 2.23. The Bertz CT molecular complexity index is 572. The van der Waals surface area contributed by atoms with Crippen LogP contribution in [-0.2, 0) is 0 Å². The summed E-state index contributed by atoms with van der Waals surface area (Å²) in [5, 5.41) is 2.76. The second-order valence-electron chi connectivity index (χ2n) is 3.78. The SMILES string of the molecule is Cc1cc(F)c(Nc2ccnc(NN)c2)cc1F. The van der Waals surface area contributed by atoms with Gasteiger partial charge in [0.15, 0.2) is 0 Å². The average Bonchev–Trinajstić information content (AvgIpc) is 2.36. The van der Waals surface area contributed by atoms with Crippen LogP contribution in [0, 0.1) is 18.6 Å². The van der Waals surface area contributed by atoms with Gasteiger partial charge in [0.05, 0.1) is 5.69 Å². The van der Waals surface area contributed by atoms with Gasteiger partial charge in [-0.3, -0.25) is 0 Å². The summed E-state index contributed by atoms with van der Waals surface area (Å²) in [6, 6.07) is 5.46. The Kier molecular flexibility index (Phi) is 3.38. The van der Waals surface area contributed by atoms with Crippen molar-refractivity contribution in [1.82, 2.24) is 4.98 Å². The van der Waals surface area contributed by atoms with Crippen LogP contribution in [0.5, 0.6) is 0 Å². The van der Waals surface area contributed by atoms with Crippen LogP contribution in [0.3, 0.4) is 0 Å². The molecule has 0 bridgehead atoms. The van der Waals surface area contributed by atoms with Crippen LogP contribution < -0.4 is 16.6 Å². The second-order valence-corrected chi connectivity index (χ2v) is 3.78. The number of aromatic nitrogens is 1. The van der Waals surface area contributed by atoms with Crippen molar-refractivity contribution in [3.05, 3.63) is 47.7 Å². The molecule has 4 nitrogen and oxygen atoms in total. The number of anilines is 3. The highest BCUT2D eigenvalue weighted by atomic mass is 19.1. The normalized spacial score (nSPS) is 10.2. The first-order valence-electron chi connectivity index (χ1n) is 5.25. The van der Waals surface area contributed by atoms with Gasteiger partial charge in [-0.15, -0.1) is 0 Å². The van der Waals surface area contributed by atoms with Gasteiger partial charge in [0.2, 0.25) is 0 Å². The first kappa shape index (κ1) is 12.3. The highest BCUT2D eigenvalue weighted by Gasteiger charge is 2.07. The molecule has 4 N–H and O–H groups in total. The Morgan fingerprint density at radius 1 is 1.17 bits per heavy atom. The van der Waals surface area contributed by atoms with E-state index in [2.05, 4.69) is 15.7 Å². The summed E-state index contributed by atoms with van der Waals surface area (Å²) in [4.78, 5) is 3.91.